The van der Waals surface area contributed by atoms with Crippen LogP contribution in [0.1, 0.15) is 41.1 Å². The lowest BCUT2D eigenvalue weighted by Crippen LogP contribution is -2.42. The van der Waals surface area contributed by atoms with Crippen LogP contribution in [0, 0.1) is 6.92 Å². The molecule has 0 aliphatic carbocycles. The van der Waals surface area contributed by atoms with Crippen molar-refractivity contribution in [2.45, 2.75) is 31.7 Å². The van der Waals surface area contributed by atoms with Crippen molar-refractivity contribution in [3.63, 3.8) is 0 Å². The summed E-state index contributed by atoms with van der Waals surface area (Å²) in [4.78, 5) is 24.8. The summed E-state index contributed by atoms with van der Waals surface area (Å²) in [5.74, 6) is 1.13. The van der Waals surface area contributed by atoms with Crippen LogP contribution in [-0.4, -0.2) is 21.0 Å². The largest absolute Gasteiger partial charge is 0.339 e. The van der Waals surface area contributed by atoms with E-state index < -0.39 is 0 Å². The van der Waals surface area contributed by atoms with Gasteiger partial charge in [0.1, 0.15) is 0 Å². The summed E-state index contributed by atoms with van der Waals surface area (Å²) >= 11 is 1.64. The average molecular weight is 417 g/mol. The number of rotatable bonds is 4. The van der Waals surface area contributed by atoms with Gasteiger partial charge in [0.25, 0.3) is 0 Å². The van der Waals surface area contributed by atoms with Crippen LogP contribution in [0.3, 0.4) is 0 Å². The molecule has 1 aromatic carbocycles. The minimum absolute atomic E-state index is 0.0780. The van der Waals surface area contributed by atoms with E-state index in [0.717, 1.165) is 21.7 Å². The van der Waals surface area contributed by atoms with Crippen LogP contribution in [0.15, 0.2) is 70.8 Å². The maximum atomic E-state index is 13.0. The van der Waals surface area contributed by atoms with Crippen LogP contribution in [0.4, 0.5) is 5.69 Å². The molecule has 0 bridgehead atoms. The molecule has 3 aromatic heterocycles. The van der Waals surface area contributed by atoms with Crippen molar-refractivity contribution in [2.24, 2.45) is 0 Å². The molecule has 1 aliphatic heterocycles. The molecule has 4 heterocycles. The first-order chi connectivity index (χ1) is 14.7. The van der Waals surface area contributed by atoms with Gasteiger partial charge >= 0.3 is 0 Å². The molecular formula is C23H20N4O2S. The molecule has 4 aromatic rings. The second kappa shape index (κ2) is 7.84. The molecule has 1 fully saturated rings. The van der Waals surface area contributed by atoms with Gasteiger partial charge in [0, 0.05) is 34.9 Å². The zero-order valence-corrected chi connectivity index (χ0v) is 17.2. The fourth-order valence-corrected chi connectivity index (χ4v) is 4.83. The number of carbonyl (C=O) groups excluding carboxylic acids is 1. The van der Waals surface area contributed by atoms with E-state index in [1.807, 2.05) is 59.7 Å². The summed E-state index contributed by atoms with van der Waals surface area (Å²) in [6.07, 6.45) is 4.52. The Bertz CT molecular complexity index is 1140. The molecule has 150 valence electrons. The average Bonchev–Trinajstić information content (AvgIpc) is 3.47. The number of aryl methyl sites for hydroxylation is 1. The SMILES string of the molecule is Cc1ccc(N2C(=O)CCC(c3nc(-c4ccncc4)no3)C2c2cccs2)cc1. The predicted octanol–water partition coefficient (Wildman–Crippen LogP) is 5.15. The van der Waals surface area contributed by atoms with Crippen molar-refractivity contribution in [3.05, 3.63) is 82.6 Å². The van der Waals surface area contributed by atoms with E-state index >= 15 is 0 Å². The van der Waals surface area contributed by atoms with Gasteiger partial charge in [-0.05, 0) is 49.1 Å². The Balaban J connectivity index is 1.56. The molecule has 6 nitrogen and oxygen atoms in total. The Labute approximate surface area is 178 Å². The number of amides is 1. The van der Waals surface area contributed by atoms with Crippen molar-refractivity contribution >= 4 is 22.9 Å². The summed E-state index contributed by atoms with van der Waals surface area (Å²) < 4.78 is 5.71. The van der Waals surface area contributed by atoms with Crippen LogP contribution in [0.5, 0.6) is 0 Å². The lowest BCUT2D eigenvalue weighted by Gasteiger charge is -2.39. The van der Waals surface area contributed by atoms with Crippen molar-refractivity contribution < 1.29 is 9.32 Å². The lowest BCUT2D eigenvalue weighted by molar-refractivity contribution is -0.120. The molecular weight excluding hydrogens is 396 g/mol. The van der Waals surface area contributed by atoms with Crippen molar-refractivity contribution in [2.75, 3.05) is 4.90 Å². The second-order valence-corrected chi connectivity index (χ2v) is 8.38. The Morgan fingerprint density at radius 3 is 2.63 bits per heavy atom. The number of aromatic nitrogens is 3. The number of benzene rings is 1. The summed E-state index contributed by atoms with van der Waals surface area (Å²) in [5.41, 5.74) is 2.91. The van der Waals surface area contributed by atoms with Gasteiger partial charge in [-0.15, -0.1) is 11.3 Å². The van der Waals surface area contributed by atoms with Gasteiger partial charge < -0.3 is 9.42 Å². The van der Waals surface area contributed by atoms with E-state index in [1.165, 1.54) is 0 Å². The standard InChI is InChI=1S/C23H20N4O2S/c1-15-4-6-17(7-5-15)27-20(28)9-8-18(21(27)19-3-2-14-30-19)23-25-22(26-29-23)16-10-12-24-13-11-16/h2-7,10-14,18,21H,8-9H2,1H3. The van der Waals surface area contributed by atoms with Crippen molar-refractivity contribution in [1.82, 2.24) is 15.1 Å². The van der Waals surface area contributed by atoms with Crippen molar-refractivity contribution in [3.8, 4) is 11.4 Å². The number of pyridine rings is 1. The van der Waals surface area contributed by atoms with Crippen LogP contribution in [0.2, 0.25) is 0 Å². The maximum Gasteiger partial charge on any atom is 0.232 e. The number of carbonyl (C=O) groups is 1. The molecule has 2 unspecified atom stereocenters. The topological polar surface area (TPSA) is 72.1 Å². The minimum atomic E-state index is -0.181. The molecule has 5 rings (SSSR count). The van der Waals surface area contributed by atoms with E-state index in [0.29, 0.717) is 24.6 Å². The fraction of sp³-hybridized carbons (Fsp3) is 0.217. The molecule has 30 heavy (non-hydrogen) atoms. The first kappa shape index (κ1) is 18.7. The summed E-state index contributed by atoms with van der Waals surface area (Å²) in [6.45, 7) is 2.04. The second-order valence-electron chi connectivity index (χ2n) is 7.40. The van der Waals surface area contributed by atoms with Gasteiger partial charge in [-0.25, -0.2) is 0 Å². The highest BCUT2D eigenvalue weighted by atomic mass is 32.1. The summed E-state index contributed by atoms with van der Waals surface area (Å²) in [6, 6.07) is 15.7. The van der Waals surface area contributed by atoms with Gasteiger partial charge in [0.15, 0.2) is 0 Å². The fourth-order valence-electron chi connectivity index (χ4n) is 3.95. The van der Waals surface area contributed by atoms with Crippen LogP contribution >= 0.6 is 11.3 Å². The Morgan fingerprint density at radius 2 is 1.90 bits per heavy atom. The molecule has 0 saturated carbocycles. The number of hydrogen-bond donors (Lipinski definition) is 0. The van der Waals surface area contributed by atoms with E-state index in [-0.39, 0.29) is 17.9 Å². The molecule has 1 amide bonds. The lowest BCUT2D eigenvalue weighted by atomic mass is 9.87. The van der Waals surface area contributed by atoms with Gasteiger partial charge in [-0.1, -0.05) is 28.9 Å². The van der Waals surface area contributed by atoms with Gasteiger partial charge in [-0.2, -0.15) is 4.98 Å². The summed E-state index contributed by atoms with van der Waals surface area (Å²) in [5, 5.41) is 6.23. The number of anilines is 1. The van der Waals surface area contributed by atoms with Gasteiger partial charge in [-0.3, -0.25) is 9.78 Å². The van der Waals surface area contributed by atoms with Crippen LogP contribution in [-0.2, 0) is 4.79 Å². The zero-order chi connectivity index (χ0) is 20.5. The Morgan fingerprint density at radius 1 is 1.10 bits per heavy atom. The molecule has 0 radical (unpaired) electrons. The highest BCUT2D eigenvalue weighted by molar-refractivity contribution is 7.10. The molecule has 0 N–H and O–H groups in total. The van der Waals surface area contributed by atoms with Gasteiger partial charge in [0.05, 0.1) is 12.0 Å². The highest BCUT2D eigenvalue weighted by Gasteiger charge is 2.42. The van der Waals surface area contributed by atoms with Crippen LogP contribution in [0.25, 0.3) is 11.4 Å². The maximum absolute atomic E-state index is 13.0. The molecule has 1 saturated heterocycles. The first-order valence-corrected chi connectivity index (χ1v) is 10.7. The highest BCUT2D eigenvalue weighted by Crippen LogP contribution is 2.46. The third kappa shape index (κ3) is 3.41. The number of nitrogens with zero attached hydrogens (tertiary/aromatic N) is 4. The number of hydrogen-bond acceptors (Lipinski definition) is 6. The third-order valence-corrected chi connectivity index (χ3v) is 6.38. The first-order valence-electron chi connectivity index (χ1n) is 9.87. The molecule has 7 heteroatoms. The molecule has 0 spiro atoms. The molecule has 2 atom stereocenters. The monoisotopic (exact) mass is 416 g/mol. The smallest absolute Gasteiger partial charge is 0.232 e. The minimum Gasteiger partial charge on any atom is -0.339 e. The molecule has 1 aliphatic rings. The van der Waals surface area contributed by atoms with E-state index in [9.17, 15) is 4.79 Å². The quantitative estimate of drug-likeness (QED) is 0.460. The number of piperidine rings is 1. The van der Waals surface area contributed by atoms with Gasteiger partial charge in [0.2, 0.25) is 17.6 Å². The van der Waals surface area contributed by atoms with Crippen molar-refractivity contribution in [1.29, 1.82) is 0 Å². The predicted molar refractivity (Wildman–Crippen MR) is 115 cm³/mol. The van der Waals surface area contributed by atoms with E-state index in [2.05, 4.69) is 16.2 Å². The summed E-state index contributed by atoms with van der Waals surface area (Å²) in [7, 11) is 0. The normalized spacial score (nSPS) is 19.2. The Hall–Kier alpha value is -3.32. The van der Waals surface area contributed by atoms with E-state index in [1.54, 1.807) is 23.7 Å². The third-order valence-electron chi connectivity index (χ3n) is 5.44. The number of thiophene rings is 1. The zero-order valence-electron chi connectivity index (χ0n) is 16.4. The van der Waals surface area contributed by atoms with E-state index in [4.69, 9.17) is 9.51 Å². The Kier molecular flexibility index (Phi) is 4.88. The van der Waals surface area contributed by atoms with Crippen LogP contribution < -0.4 is 4.90 Å².